The zero-order chi connectivity index (χ0) is 12.1. The number of ether oxygens (including phenoxy) is 2. The van der Waals surface area contributed by atoms with Crippen LogP contribution in [0.3, 0.4) is 0 Å². The van der Waals surface area contributed by atoms with E-state index >= 15 is 0 Å². The third kappa shape index (κ3) is 3.05. The van der Waals surface area contributed by atoms with Crippen LogP contribution >= 0.6 is 0 Å². The third-order valence-corrected chi connectivity index (χ3v) is 2.94. The van der Waals surface area contributed by atoms with Crippen LogP contribution in [0.25, 0.3) is 0 Å². The molecule has 0 amide bonds. The highest BCUT2D eigenvalue weighted by Crippen LogP contribution is 2.21. The van der Waals surface area contributed by atoms with Crippen molar-refractivity contribution in [3.8, 4) is 0 Å². The molecule has 1 aromatic rings. The van der Waals surface area contributed by atoms with Gasteiger partial charge in [0.05, 0.1) is 19.3 Å². The molecule has 2 atom stereocenters. The molecule has 2 heteroatoms. The van der Waals surface area contributed by atoms with Crippen molar-refractivity contribution in [2.75, 3.05) is 6.61 Å². The van der Waals surface area contributed by atoms with Gasteiger partial charge in [0, 0.05) is 0 Å². The summed E-state index contributed by atoms with van der Waals surface area (Å²) >= 11 is 0. The molecule has 1 aromatic carbocycles. The summed E-state index contributed by atoms with van der Waals surface area (Å²) in [5, 5.41) is 0. The Labute approximate surface area is 103 Å². The molecule has 2 rings (SSSR count). The number of hydrogen-bond donors (Lipinski definition) is 0. The average molecular weight is 230 g/mol. The van der Waals surface area contributed by atoms with Crippen LogP contribution in [0.4, 0.5) is 0 Å². The van der Waals surface area contributed by atoms with E-state index in [4.69, 9.17) is 9.47 Å². The Morgan fingerprint density at radius 1 is 1.47 bits per heavy atom. The molecule has 17 heavy (non-hydrogen) atoms. The standard InChI is InChI=1S/C15H18O2/c1-3-14-9-10-16-15(14)12(2)17-11-13-7-5-4-6-8-13/h3-9,12,15H,1,10-11H2,2H3/t12-,15-/m0/s1. The van der Waals surface area contributed by atoms with E-state index in [1.54, 1.807) is 0 Å². The fourth-order valence-electron chi connectivity index (χ4n) is 1.96. The van der Waals surface area contributed by atoms with Gasteiger partial charge in [0.2, 0.25) is 0 Å². The summed E-state index contributed by atoms with van der Waals surface area (Å²) < 4.78 is 11.4. The summed E-state index contributed by atoms with van der Waals surface area (Å²) in [6, 6.07) is 10.2. The Balaban J connectivity index is 1.87. The lowest BCUT2D eigenvalue weighted by molar-refractivity contribution is -0.0373. The molecule has 1 heterocycles. The van der Waals surface area contributed by atoms with Crippen molar-refractivity contribution >= 4 is 0 Å². The van der Waals surface area contributed by atoms with Crippen molar-refractivity contribution in [2.24, 2.45) is 0 Å². The van der Waals surface area contributed by atoms with E-state index in [0.29, 0.717) is 13.2 Å². The Bertz CT molecular complexity index is 395. The molecule has 0 saturated heterocycles. The minimum absolute atomic E-state index is 0.0243. The molecular formula is C15H18O2. The predicted octanol–water partition coefficient (Wildman–Crippen LogP) is 3.10. The summed E-state index contributed by atoms with van der Waals surface area (Å²) in [6.45, 7) is 7.10. The van der Waals surface area contributed by atoms with Gasteiger partial charge in [-0.2, -0.15) is 0 Å². The van der Waals surface area contributed by atoms with Gasteiger partial charge < -0.3 is 9.47 Å². The molecular weight excluding hydrogens is 212 g/mol. The third-order valence-electron chi connectivity index (χ3n) is 2.94. The lowest BCUT2D eigenvalue weighted by Gasteiger charge is -2.21. The Kier molecular flexibility index (Phi) is 4.13. The summed E-state index contributed by atoms with van der Waals surface area (Å²) in [7, 11) is 0. The van der Waals surface area contributed by atoms with Crippen molar-refractivity contribution in [3.05, 3.63) is 60.2 Å². The molecule has 0 bridgehead atoms. The molecule has 1 aliphatic heterocycles. The van der Waals surface area contributed by atoms with Gasteiger partial charge in [0.15, 0.2) is 0 Å². The molecule has 0 fully saturated rings. The van der Waals surface area contributed by atoms with Crippen LogP contribution in [0.5, 0.6) is 0 Å². The van der Waals surface area contributed by atoms with Crippen LogP contribution in [-0.2, 0) is 16.1 Å². The van der Waals surface area contributed by atoms with Crippen LogP contribution in [0.15, 0.2) is 54.6 Å². The van der Waals surface area contributed by atoms with Crippen LogP contribution in [0.1, 0.15) is 12.5 Å². The van der Waals surface area contributed by atoms with E-state index in [9.17, 15) is 0 Å². The monoisotopic (exact) mass is 230 g/mol. The van der Waals surface area contributed by atoms with Crippen molar-refractivity contribution in [1.82, 2.24) is 0 Å². The van der Waals surface area contributed by atoms with Crippen LogP contribution in [0, 0.1) is 0 Å². The minimum atomic E-state index is 0.0243. The Hall–Kier alpha value is -1.38. The minimum Gasteiger partial charge on any atom is -0.371 e. The van der Waals surface area contributed by atoms with Gasteiger partial charge in [-0.25, -0.2) is 0 Å². The Morgan fingerprint density at radius 3 is 2.94 bits per heavy atom. The second-order valence-electron chi connectivity index (χ2n) is 4.16. The predicted molar refractivity (Wildman–Crippen MR) is 68.7 cm³/mol. The zero-order valence-electron chi connectivity index (χ0n) is 10.1. The van der Waals surface area contributed by atoms with Crippen molar-refractivity contribution in [2.45, 2.75) is 25.7 Å². The van der Waals surface area contributed by atoms with Gasteiger partial charge in [0.25, 0.3) is 0 Å². The second-order valence-corrected chi connectivity index (χ2v) is 4.16. The fourth-order valence-corrected chi connectivity index (χ4v) is 1.96. The normalized spacial score (nSPS) is 21.0. The fraction of sp³-hybridized carbons (Fsp3) is 0.333. The first-order valence-electron chi connectivity index (χ1n) is 5.91. The van der Waals surface area contributed by atoms with Crippen molar-refractivity contribution in [3.63, 3.8) is 0 Å². The average Bonchev–Trinajstić information content (AvgIpc) is 2.85. The maximum Gasteiger partial charge on any atom is 0.109 e. The van der Waals surface area contributed by atoms with E-state index in [1.807, 2.05) is 31.2 Å². The van der Waals surface area contributed by atoms with Gasteiger partial charge in [-0.1, -0.05) is 49.1 Å². The first-order chi connectivity index (χ1) is 8.31. The lowest BCUT2D eigenvalue weighted by atomic mass is 10.1. The molecule has 0 radical (unpaired) electrons. The van der Waals surface area contributed by atoms with Crippen molar-refractivity contribution in [1.29, 1.82) is 0 Å². The highest BCUT2D eigenvalue weighted by atomic mass is 16.5. The largest absolute Gasteiger partial charge is 0.371 e. The van der Waals surface area contributed by atoms with Gasteiger partial charge in [-0.15, -0.1) is 0 Å². The molecule has 0 aliphatic carbocycles. The topological polar surface area (TPSA) is 18.5 Å². The van der Waals surface area contributed by atoms with Crippen LogP contribution in [0.2, 0.25) is 0 Å². The van der Waals surface area contributed by atoms with Gasteiger partial charge in [-0.05, 0) is 18.1 Å². The van der Waals surface area contributed by atoms with Gasteiger partial charge in [-0.3, -0.25) is 0 Å². The van der Waals surface area contributed by atoms with Crippen LogP contribution < -0.4 is 0 Å². The molecule has 1 aliphatic rings. The summed E-state index contributed by atoms with van der Waals surface area (Å²) in [5.41, 5.74) is 2.31. The number of benzene rings is 1. The highest BCUT2D eigenvalue weighted by molar-refractivity contribution is 5.25. The maximum atomic E-state index is 5.83. The van der Waals surface area contributed by atoms with E-state index in [2.05, 4.69) is 24.8 Å². The first kappa shape index (κ1) is 12.1. The van der Waals surface area contributed by atoms with Crippen molar-refractivity contribution < 1.29 is 9.47 Å². The van der Waals surface area contributed by atoms with E-state index in [-0.39, 0.29) is 12.2 Å². The number of hydrogen-bond acceptors (Lipinski definition) is 2. The molecule has 0 unspecified atom stereocenters. The molecule has 0 spiro atoms. The quantitative estimate of drug-likeness (QED) is 0.773. The molecule has 0 N–H and O–H groups in total. The highest BCUT2D eigenvalue weighted by Gasteiger charge is 2.24. The smallest absolute Gasteiger partial charge is 0.109 e. The summed E-state index contributed by atoms with van der Waals surface area (Å²) in [4.78, 5) is 0. The number of rotatable bonds is 5. The SMILES string of the molecule is C=CC1=CCO[C@H]1[C@H](C)OCc1ccccc1. The van der Waals surface area contributed by atoms with Gasteiger partial charge >= 0.3 is 0 Å². The molecule has 0 saturated carbocycles. The van der Waals surface area contributed by atoms with Crippen LogP contribution in [-0.4, -0.2) is 18.8 Å². The van der Waals surface area contributed by atoms with E-state index in [0.717, 1.165) is 5.57 Å². The molecule has 0 aromatic heterocycles. The lowest BCUT2D eigenvalue weighted by Crippen LogP contribution is -2.27. The molecule has 2 nitrogen and oxygen atoms in total. The maximum absolute atomic E-state index is 5.83. The van der Waals surface area contributed by atoms with E-state index in [1.165, 1.54) is 5.56 Å². The van der Waals surface area contributed by atoms with E-state index < -0.39 is 0 Å². The summed E-state index contributed by atoms with van der Waals surface area (Å²) in [6.07, 6.45) is 3.97. The zero-order valence-corrected chi connectivity index (χ0v) is 10.1. The van der Waals surface area contributed by atoms with Gasteiger partial charge in [0.1, 0.15) is 6.10 Å². The summed E-state index contributed by atoms with van der Waals surface area (Å²) in [5.74, 6) is 0. The first-order valence-corrected chi connectivity index (χ1v) is 5.91. The molecule has 90 valence electrons. The Morgan fingerprint density at radius 2 is 2.24 bits per heavy atom. The second kappa shape index (κ2) is 5.80.